The maximum Gasteiger partial charge on any atom is 0.281 e. The summed E-state index contributed by atoms with van der Waals surface area (Å²) in [7, 11) is -4.34. The molecule has 0 radical (unpaired) electrons. The molecule has 1 amide bonds. The van der Waals surface area contributed by atoms with E-state index in [9.17, 15) is 22.4 Å². The van der Waals surface area contributed by atoms with E-state index < -0.39 is 38.5 Å². The number of pyridine rings is 1. The molecule has 4 N–H and O–H groups in total. The number of hydrogen-bond donors (Lipinski definition) is 3. The molecule has 12 heteroatoms. The Balaban J connectivity index is 1.70. The van der Waals surface area contributed by atoms with E-state index in [4.69, 9.17) is 10.5 Å². The van der Waals surface area contributed by atoms with Crippen LogP contribution in [0.15, 0.2) is 59.1 Å². The number of ether oxygens (including phenoxy) is 1. The van der Waals surface area contributed by atoms with Gasteiger partial charge < -0.3 is 15.8 Å². The average molecular weight is 558 g/mol. The van der Waals surface area contributed by atoms with E-state index in [2.05, 4.69) is 10.3 Å². The summed E-state index contributed by atoms with van der Waals surface area (Å²) in [5.74, 6) is -0.850. The number of ketones is 1. The molecule has 1 saturated heterocycles. The van der Waals surface area contributed by atoms with Crippen LogP contribution in [0.5, 0.6) is 5.75 Å². The summed E-state index contributed by atoms with van der Waals surface area (Å²) in [5.41, 5.74) is 5.66. The van der Waals surface area contributed by atoms with Crippen LogP contribution < -0.4 is 20.5 Å². The van der Waals surface area contributed by atoms with Crippen molar-refractivity contribution < 1.29 is 27.1 Å². The number of nitrogens with two attached hydrogens (primary N) is 1. The van der Waals surface area contributed by atoms with Gasteiger partial charge >= 0.3 is 0 Å². The summed E-state index contributed by atoms with van der Waals surface area (Å²) < 4.78 is 48.0. The van der Waals surface area contributed by atoms with Crippen LogP contribution in [-0.2, 0) is 19.6 Å². The van der Waals surface area contributed by atoms with Crippen LogP contribution in [0.1, 0.15) is 39.7 Å². The molecule has 2 aromatic rings. The Morgan fingerprint density at radius 1 is 1.28 bits per heavy atom. The summed E-state index contributed by atoms with van der Waals surface area (Å²) in [5, 5.41) is 2.82. The van der Waals surface area contributed by atoms with E-state index in [0.29, 0.717) is 30.2 Å². The normalized spacial score (nSPS) is 19.3. The third-order valence-corrected chi connectivity index (χ3v) is 7.82. The highest BCUT2D eigenvalue weighted by Gasteiger charge is 2.46. The Morgan fingerprint density at radius 3 is 2.67 bits per heavy atom. The molecule has 2 aliphatic rings. The van der Waals surface area contributed by atoms with Crippen molar-refractivity contribution in [3.8, 4) is 5.75 Å². The second-order valence-corrected chi connectivity index (χ2v) is 12.0. The number of carbonyl (C=O) groups is 2. The monoisotopic (exact) mass is 557 g/mol. The molecule has 10 nitrogen and oxygen atoms in total. The van der Waals surface area contributed by atoms with Crippen molar-refractivity contribution in [2.24, 2.45) is 5.92 Å². The third kappa shape index (κ3) is 6.12. The van der Waals surface area contributed by atoms with E-state index in [0.717, 1.165) is 0 Å². The number of hydrogen-bond acceptors (Lipinski definition) is 9. The number of nitrogens with one attached hydrogen (secondary N) is 2. The number of carbonyl (C=O) groups excluding carboxylic acids is 2. The van der Waals surface area contributed by atoms with Crippen LogP contribution in [0.4, 0.5) is 10.2 Å². The minimum absolute atomic E-state index is 0.0153. The number of nitrogen functional groups attached to an aromatic ring is 1. The van der Waals surface area contributed by atoms with Gasteiger partial charge in [-0.15, -0.1) is 0 Å². The quantitative estimate of drug-likeness (QED) is 0.446. The summed E-state index contributed by atoms with van der Waals surface area (Å²) in [6.07, 6.45) is 2.39. The largest absolute Gasteiger partial charge is 0.493 e. The molecule has 0 saturated carbocycles. The number of allylic oxidation sites excluding steroid dienone is 2. The molecular formula is C27H32FN5O5S. The third-order valence-electron chi connectivity index (χ3n) is 6.58. The van der Waals surface area contributed by atoms with Gasteiger partial charge in [0.05, 0.1) is 17.7 Å². The number of amides is 1. The highest BCUT2D eigenvalue weighted by molar-refractivity contribution is 7.90. The predicted octanol–water partition coefficient (Wildman–Crippen LogP) is 2.59. The van der Waals surface area contributed by atoms with Gasteiger partial charge in [0.25, 0.3) is 15.9 Å². The van der Waals surface area contributed by atoms with Gasteiger partial charge in [0, 0.05) is 30.3 Å². The zero-order valence-electron chi connectivity index (χ0n) is 22.2. The molecule has 3 heterocycles. The van der Waals surface area contributed by atoms with Crippen molar-refractivity contribution in [1.29, 1.82) is 0 Å². The molecule has 1 aromatic heterocycles. The fourth-order valence-corrected chi connectivity index (χ4v) is 5.41. The topological polar surface area (TPSA) is 144 Å². The van der Waals surface area contributed by atoms with Gasteiger partial charge in [-0.1, -0.05) is 19.9 Å². The van der Waals surface area contributed by atoms with Crippen molar-refractivity contribution in [3.05, 3.63) is 65.5 Å². The second-order valence-electron chi connectivity index (χ2n) is 10.4. The molecular weight excluding hydrogens is 525 g/mol. The van der Waals surface area contributed by atoms with Gasteiger partial charge in [-0.3, -0.25) is 14.5 Å². The van der Waals surface area contributed by atoms with E-state index in [1.807, 2.05) is 18.6 Å². The number of nitrogens with zero attached hydrogens (tertiary/aromatic N) is 2. The molecule has 0 aliphatic carbocycles. The Bertz CT molecular complexity index is 1470. The Morgan fingerprint density at radius 2 is 2.03 bits per heavy atom. The summed E-state index contributed by atoms with van der Waals surface area (Å²) in [6, 6.07) is 8.36. The molecule has 208 valence electrons. The molecule has 4 rings (SSSR count). The molecule has 0 bridgehead atoms. The number of dihydropyridines is 1. The lowest BCUT2D eigenvalue weighted by atomic mass is 9.97. The zero-order valence-corrected chi connectivity index (χ0v) is 23.0. The second kappa shape index (κ2) is 10.8. The molecule has 1 aromatic carbocycles. The van der Waals surface area contributed by atoms with Gasteiger partial charge in [0.2, 0.25) is 0 Å². The maximum absolute atomic E-state index is 14.5. The lowest BCUT2D eigenvalue weighted by molar-refractivity contribution is -0.125. The number of benzene rings is 1. The zero-order chi connectivity index (χ0) is 28.5. The molecule has 1 atom stereocenters. The number of sulfonamides is 1. The Hall–Kier alpha value is -3.77. The first-order chi connectivity index (χ1) is 18.3. The van der Waals surface area contributed by atoms with Crippen LogP contribution >= 0.6 is 0 Å². The van der Waals surface area contributed by atoms with Crippen molar-refractivity contribution in [1.82, 2.24) is 19.9 Å². The first-order valence-corrected chi connectivity index (χ1v) is 14.0. The van der Waals surface area contributed by atoms with Gasteiger partial charge in [0.15, 0.2) is 10.8 Å². The molecule has 2 aliphatic heterocycles. The van der Waals surface area contributed by atoms with E-state index >= 15 is 0 Å². The van der Waals surface area contributed by atoms with Crippen molar-refractivity contribution in [3.63, 3.8) is 0 Å². The first kappa shape index (κ1) is 28.2. The summed E-state index contributed by atoms with van der Waals surface area (Å²) >= 11 is 0. The van der Waals surface area contributed by atoms with Crippen molar-refractivity contribution in [2.75, 3.05) is 18.9 Å². The number of Topliss-reactive ketones (excluding diaryl/α,β-unsaturated/α-hetero) is 1. The fraction of sp³-hybridized carbons (Fsp3) is 0.370. The van der Waals surface area contributed by atoms with Crippen LogP contribution in [0, 0.1) is 11.7 Å². The highest BCUT2D eigenvalue weighted by atomic mass is 32.2. The average Bonchev–Trinajstić information content (AvgIpc) is 3.13. The van der Waals surface area contributed by atoms with Gasteiger partial charge in [0.1, 0.15) is 23.6 Å². The number of anilines is 1. The molecule has 1 unspecified atom stereocenters. The Labute approximate surface area is 227 Å². The van der Waals surface area contributed by atoms with Crippen LogP contribution in [-0.4, -0.2) is 54.8 Å². The van der Waals surface area contributed by atoms with Crippen molar-refractivity contribution in [2.45, 2.75) is 50.8 Å². The molecule has 0 spiro atoms. The van der Waals surface area contributed by atoms with Gasteiger partial charge in [-0.25, -0.2) is 14.1 Å². The van der Waals surface area contributed by atoms with Crippen LogP contribution in [0.3, 0.4) is 0 Å². The summed E-state index contributed by atoms with van der Waals surface area (Å²) in [6.45, 7) is 8.18. The maximum atomic E-state index is 14.5. The van der Waals surface area contributed by atoms with Crippen molar-refractivity contribution >= 4 is 33.2 Å². The van der Waals surface area contributed by atoms with E-state index in [-0.39, 0.29) is 29.5 Å². The first-order valence-electron chi connectivity index (χ1n) is 12.5. The molecule has 39 heavy (non-hydrogen) atoms. The minimum Gasteiger partial charge on any atom is -0.493 e. The Kier molecular flexibility index (Phi) is 7.80. The SMILES string of the molecule is CC(C)COc1cc(F)cc(C2=CC=C(C(=O)NS(=O)(=O)c3cccc(N)n3)C(N3CCC(=O)C3(C)C)N2)c1. The molecule has 1 fully saturated rings. The van der Waals surface area contributed by atoms with E-state index in [1.54, 1.807) is 30.9 Å². The van der Waals surface area contributed by atoms with Gasteiger partial charge in [-0.2, -0.15) is 8.42 Å². The highest BCUT2D eigenvalue weighted by Crippen LogP contribution is 2.33. The lowest BCUT2D eigenvalue weighted by Crippen LogP contribution is -2.57. The van der Waals surface area contributed by atoms with E-state index in [1.165, 1.54) is 36.4 Å². The smallest absolute Gasteiger partial charge is 0.281 e. The number of rotatable bonds is 8. The van der Waals surface area contributed by atoms with Crippen LogP contribution in [0.2, 0.25) is 0 Å². The number of halogens is 1. The predicted molar refractivity (Wildman–Crippen MR) is 144 cm³/mol. The lowest BCUT2D eigenvalue weighted by Gasteiger charge is -2.40. The summed E-state index contributed by atoms with van der Waals surface area (Å²) in [4.78, 5) is 31.6. The standard InChI is InChI=1S/C27H32FN5O5S/c1-16(2)15-38-19-13-17(12-18(28)14-19)21-9-8-20(25(30-21)33-11-10-22(34)27(33,3)4)26(35)32-39(36,37)24-7-5-6-23(29)31-24/h5-9,12-14,16,25,30H,10-11,15H2,1-4H3,(H2,29,31)(H,32,35). The number of likely N-dealkylation sites (tertiary alicyclic amines) is 1. The minimum atomic E-state index is -4.34. The van der Waals surface area contributed by atoms with Crippen LogP contribution in [0.25, 0.3) is 5.70 Å². The van der Waals surface area contributed by atoms with Gasteiger partial charge in [-0.05, 0) is 56.2 Å². The fourth-order valence-electron chi connectivity index (χ4n) is 4.46. The number of aromatic nitrogens is 1.